The van der Waals surface area contributed by atoms with Gasteiger partial charge in [-0.3, -0.25) is 0 Å². The lowest BCUT2D eigenvalue weighted by Gasteiger charge is -2.11. The lowest BCUT2D eigenvalue weighted by molar-refractivity contribution is 0.735. The molecule has 1 aromatic rings. The van der Waals surface area contributed by atoms with Gasteiger partial charge in [0.2, 0.25) is 0 Å². The van der Waals surface area contributed by atoms with Gasteiger partial charge >= 0.3 is 0 Å². The Bertz CT molecular complexity index is 388. The molecule has 1 unspecified atom stereocenters. The molecular formula is C12H12ClN. The molecule has 0 N–H and O–H groups in total. The summed E-state index contributed by atoms with van der Waals surface area (Å²) in [5.74, 6) is 0.617. The fraction of sp³-hybridized carbons (Fsp3) is 0.417. The normalized spacial score (nSPS) is 17.5. The van der Waals surface area contributed by atoms with Gasteiger partial charge in [0, 0.05) is 5.02 Å². The molecule has 1 aromatic carbocycles. The van der Waals surface area contributed by atoms with Crippen LogP contribution in [-0.4, -0.2) is 0 Å². The Morgan fingerprint density at radius 3 is 2.79 bits per heavy atom. The minimum absolute atomic E-state index is 0.0497. The maximum Gasteiger partial charge on any atom is 0.0743 e. The second-order valence-electron chi connectivity index (χ2n) is 3.90. The van der Waals surface area contributed by atoms with Crippen LogP contribution < -0.4 is 0 Å². The predicted octanol–water partition coefficient (Wildman–Crippen LogP) is 3.67. The highest BCUT2D eigenvalue weighted by atomic mass is 35.5. The molecule has 14 heavy (non-hydrogen) atoms. The zero-order valence-corrected chi connectivity index (χ0v) is 8.88. The average Bonchev–Trinajstić information content (AvgIpc) is 2.97. The maximum atomic E-state index is 9.11. The first-order valence-corrected chi connectivity index (χ1v) is 5.26. The van der Waals surface area contributed by atoms with E-state index in [4.69, 9.17) is 16.9 Å². The molecule has 0 bridgehead atoms. The van der Waals surface area contributed by atoms with Gasteiger partial charge in [0.25, 0.3) is 0 Å². The molecule has 1 aliphatic rings. The molecule has 1 nitrogen and oxygen atoms in total. The van der Waals surface area contributed by atoms with E-state index in [-0.39, 0.29) is 5.92 Å². The molecule has 2 heteroatoms. The molecule has 72 valence electrons. The lowest BCUT2D eigenvalue weighted by atomic mass is 9.92. The van der Waals surface area contributed by atoms with Crippen molar-refractivity contribution in [3.8, 4) is 6.07 Å². The third-order valence-corrected chi connectivity index (χ3v) is 3.29. The molecular weight excluding hydrogens is 194 g/mol. The average molecular weight is 206 g/mol. The summed E-state index contributed by atoms with van der Waals surface area (Å²) in [4.78, 5) is 0. The van der Waals surface area contributed by atoms with Crippen LogP contribution in [0, 0.1) is 24.2 Å². The molecule has 1 fully saturated rings. The topological polar surface area (TPSA) is 23.8 Å². The van der Waals surface area contributed by atoms with Crippen LogP contribution in [0.5, 0.6) is 0 Å². The van der Waals surface area contributed by atoms with Gasteiger partial charge in [0.15, 0.2) is 0 Å². The highest BCUT2D eigenvalue weighted by Gasteiger charge is 2.33. The van der Waals surface area contributed by atoms with Gasteiger partial charge in [-0.15, -0.1) is 0 Å². The predicted molar refractivity (Wildman–Crippen MR) is 57.3 cm³/mol. The number of benzene rings is 1. The molecule has 0 aliphatic heterocycles. The van der Waals surface area contributed by atoms with Gasteiger partial charge in [-0.1, -0.05) is 23.7 Å². The molecule has 0 saturated heterocycles. The standard InChI is InChI=1S/C12H12ClN/c1-8-10(3-2-4-12(8)13)11(7-14)9-5-6-9/h2-4,9,11H,5-6H2,1H3. The Balaban J connectivity index is 2.39. The Morgan fingerprint density at radius 2 is 2.21 bits per heavy atom. The SMILES string of the molecule is Cc1c(Cl)cccc1C(C#N)C1CC1. The number of halogens is 1. The molecule has 0 heterocycles. The van der Waals surface area contributed by atoms with E-state index in [1.807, 2.05) is 25.1 Å². The van der Waals surface area contributed by atoms with Crippen LogP contribution in [0.4, 0.5) is 0 Å². The largest absolute Gasteiger partial charge is 0.198 e. The van der Waals surface area contributed by atoms with Crippen LogP contribution in [0.2, 0.25) is 5.02 Å². The van der Waals surface area contributed by atoms with E-state index in [1.54, 1.807) is 0 Å². The number of rotatable bonds is 2. The van der Waals surface area contributed by atoms with Gasteiger partial charge in [-0.2, -0.15) is 5.26 Å². The van der Waals surface area contributed by atoms with Crippen LogP contribution >= 0.6 is 11.6 Å². The summed E-state index contributed by atoms with van der Waals surface area (Å²) in [5, 5.41) is 9.88. The van der Waals surface area contributed by atoms with Crippen LogP contribution in [0.1, 0.15) is 29.9 Å². The quantitative estimate of drug-likeness (QED) is 0.723. The zero-order valence-electron chi connectivity index (χ0n) is 8.13. The Hall–Kier alpha value is -1.00. The van der Waals surface area contributed by atoms with Crippen LogP contribution in [-0.2, 0) is 0 Å². The Morgan fingerprint density at radius 1 is 1.50 bits per heavy atom. The maximum absolute atomic E-state index is 9.11. The van der Waals surface area contributed by atoms with E-state index in [9.17, 15) is 0 Å². The van der Waals surface area contributed by atoms with Crippen molar-refractivity contribution >= 4 is 11.6 Å². The third-order valence-electron chi connectivity index (χ3n) is 2.88. The second kappa shape index (κ2) is 3.63. The molecule has 1 aliphatic carbocycles. The number of hydrogen-bond acceptors (Lipinski definition) is 1. The van der Waals surface area contributed by atoms with Crippen molar-refractivity contribution in [3.05, 3.63) is 34.3 Å². The first-order chi connectivity index (χ1) is 6.74. The van der Waals surface area contributed by atoms with Gasteiger partial charge in [0.1, 0.15) is 0 Å². The minimum atomic E-state index is 0.0497. The lowest BCUT2D eigenvalue weighted by Crippen LogP contribution is -2.00. The summed E-state index contributed by atoms with van der Waals surface area (Å²) >= 11 is 6.03. The van der Waals surface area contributed by atoms with E-state index in [2.05, 4.69) is 6.07 Å². The summed E-state index contributed by atoms with van der Waals surface area (Å²) in [6.45, 7) is 1.99. The highest BCUT2D eigenvalue weighted by Crippen LogP contribution is 2.43. The molecule has 0 amide bonds. The molecule has 2 rings (SSSR count). The molecule has 0 radical (unpaired) electrons. The summed E-state index contributed by atoms with van der Waals surface area (Å²) in [5.41, 5.74) is 2.18. The van der Waals surface area contributed by atoms with Crippen LogP contribution in [0.3, 0.4) is 0 Å². The molecule has 0 spiro atoms. The van der Waals surface area contributed by atoms with E-state index in [0.29, 0.717) is 5.92 Å². The molecule has 0 aromatic heterocycles. The van der Waals surface area contributed by atoms with Crippen LogP contribution in [0.25, 0.3) is 0 Å². The summed E-state index contributed by atoms with van der Waals surface area (Å²) in [6, 6.07) is 8.22. The Labute approximate surface area is 89.3 Å². The van der Waals surface area contributed by atoms with Crippen molar-refractivity contribution in [2.24, 2.45) is 5.92 Å². The van der Waals surface area contributed by atoms with Gasteiger partial charge in [-0.05, 0) is 42.9 Å². The number of nitrogens with zero attached hydrogens (tertiary/aromatic N) is 1. The van der Waals surface area contributed by atoms with Crippen molar-refractivity contribution in [1.29, 1.82) is 5.26 Å². The van der Waals surface area contributed by atoms with Crippen molar-refractivity contribution in [2.45, 2.75) is 25.7 Å². The van der Waals surface area contributed by atoms with Crippen LogP contribution in [0.15, 0.2) is 18.2 Å². The second-order valence-corrected chi connectivity index (χ2v) is 4.31. The zero-order chi connectivity index (χ0) is 10.1. The monoisotopic (exact) mass is 205 g/mol. The third kappa shape index (κ3) is 1.63. The van der Waals surface area contributed by atoms with E-state index < -0.39 is 0 Å². The van der Waals surface area contributed by atoms with Gasteiger partial charge in [-0.25, -0.2) is 0 Å². The Kier molecular flexibility index (Phi) is 2.48. The van der Waals surface area contributed by atoms with Crippen molar-refractivity contribution in [2.75, 3.05) is 0 Å². The smallest absolute Gasteiger partial charge is 0.0743 e. The van der Waals surface area contributed by atoms with Gasteiger partial charge in [0.05, 0.1) is 12.0 Å². The van der Waals surface area contributed by atoms with Crippen molar-refractivity contribution in [1.82, 2.24) is 0 Å². The van der Waals surface area contributed by atoms with E-state index in [0.717, 1.165) is 16.1 Å². The van der Waals surface area contributed by atoms with E-state index >= 15 is 0 Å². The van der Waals surface area contributed by atoms with E-state index in [1.165, 1.54) is 12.8 Å². The van der Waals surface area contributed by atoms with Gasteiger partial charge < -0.3 is 0 Å². The first-order valence-electron chi connectivity index (χ1n) is 4.88. The fourth-order valence-corrected chi connectivity index (χ4v) is 2.00. The highest BCUT2D eigenvalue weighted by molar-refractivity contribution is 6.31. The first kappa shape index (κ1) is 9.55. The molecule has 1 saturated carbocycles. The van der Waals surface area contributed by atoms with Crippen molar-refractivity contribution < 1.29 is 0 Å². The number of nitriles is 1. The summed E-state index contributed by atoms with van der Waals surface area (Å²) in [6.07, 6.45) is 2.37. The summed E-state index contributed by atoms with van der Waals surface area (Å²) < 4.78 is 0. The van der Waals surface area contributed by atoms with Crippen molar-refractivity contribution in [3.63, 3.8) is 0 Å². The minimum Gasteiger partial charge on any atom is -0.198 e. The fourth-order valence-electron chi connectivity index (χ4n) is 1.82. The summed E-state index contributed by atoms with van der Waals surface area (Å²) in [7, 11) is 0. The molecule has 1 atom stereocenters. The number of hydrogen-bond donors (Lipinski definition) is 0.